The Bertz CT molecular complexity index is 145. The molecule has 1 N–H and O–H groups in total. The van der Waals surface area contributed by atoms with Gasteiger partial charge >= 0.3 is 0 Å². The van der Waals surface area contributed by atoms with Gasteiger partial charge in [0.1, 0.15) is 0 Å². The lowest BCUT2D eigenvalue weighted by atomic mass is 9.79. The Morgan fingerprint density at radius 2 is 1.64 bits per heavy atom. The van der Waals surface area contributed by atoms with E-state index in [2.05, 4.69) is 33.0 Å². The van der Waals surface area contributed by atoms with E-state index in [1.165, 1.54) is 32.1 Å². The molecule has 1 aliphatic carbocycles. The first-order chi connectivity index (χ1) is 6.63. The molecule has 0 heterocycles. The molecule has 1 rings (SSSR count). The van der Waals surface area contributed by atoms with Crippen LogP contribution in [0, 0.1) is 11.8 Å². The highest BCUT2D eigenvalue weighted by Gasteiger charge is 2.23. The van der Waals surface area contributed by atoms with E-state index in [-0.39, 0.29) is 0 Å². The van der Waals surface area contributed by atoms with E-state index in [1.807, 2.05) is 0 Å². The minimum atomic E-state index is 0.704. The van der Waals surface area contributed by atoms with E-state index in [9.17, 15) is 0 Å². The van der Waals surface area contributed by atoms with Gasteiger partial charge in [-0.3, -0.25) is 0 Å². The van der Waals surface area contributed by atoms with E-state index in [0.29, 0.717) is 6.04 Å². The van der Waals surface area contributed by atoms with Crippen LogP contribution in [0.1, 0.15) is 59.8 Å². The molecule has 0 saturated heterocycles. The van der Waals surface area contributed by atoms with Crippen molar-refractivity contribution in [2.75, 3.05) is 0 Å². The minimum Gasteiger partial charge on any atom is -0.312 e. The number of rotatable bonds is 4. The Morgan fingerprint density at radius 3 is 2.07 bits per heavy atom. The molecule has 0 unspecified atom stereocenters. The summed E-state index contributed by atoms with van der Waals surface area (Å²) in [5, 5.41) is 3.73. The minimum absolute atomic E-state index is 0.704. The zero-order chi connectivity index (χ0) is 10.6. The van der Waals surface area contributed by atoms with Crippen molar-refractivity contribution in [1.29, 1.82) is 0 Å². The van der Waals surface area contributed by atoms with Crippen molar-refractivity contribution in [1.82, 2.24) is 5.32 Å². The molecular formula is C13H27N. The Kier molecular flexibility index (Phi) is 4.94. The molecule has 0 aromatic carbocycles. The average molecular weight is 197 g/mol. The van der Waals surface area contributed by atoms with Crippen LogP contribution in [0.4, 0.5) is 0 Å². The van der Waals surface area contributed by atoms with Crippen molar-refractivity contribution >= 4 is 0 Å². The Balaban J connectivity index is 2.22. The smallest absolute Gasteiger partial charge is 0.00697 e. The molecule has 0 amide bonds. The molecule has 1 nitrogen and oxygen atoms in total. The van der Waals surface area contributed by atoms with Crippen LogP contribution in [0.3, 0.4) is 0 Å². The summed E-state index contributed by atoms with van der Waals surface area (Å²) in [5.41, 5.74) is 0. The van der Waals surface area contributed by atoms with Gasteiger partial charge in [-0.1, -0.05) is 20.8 Å². The highest BCUT2D eigenvalue weighted by atomic mass is 14.9. The standard InChI is InChI=1S/C13H27N/c1-5-11(4)14-13-8-6-12(7-9-13)10(2)3/h10-14H,5-9H2,1-4H3/t11-,12?,13?/m1/s1. The van der Waals surface area contributed by atoms with Gasteiger partial charge in [0.25, 0.3) is 0 Å². The summed E-state index contributed by atoms with van der Waals surface area (Å²) in [6.07, 6.45) is 6.92. The molecule has 0 aromatic rings. The van der Waals surface area contributed by atoms with Crippen molar-refractivity contribution in [3.63, 3.8) is 0 Å². The van der Waals surface area contributed by atoms with Gasteiger partial charge in [-0.2, -0.15) is 0 Å². The highest BCUT2D eigenvalue weighted by Crippen LogP contribution is 2.29. The third kappa shape index (κ3) is 3.61. The van der Waals surface area contributed by atoms with Crippen LogP contribution in [0.25, 0.3) is 0 Å². The summed E-state index contributed by atoms with van der Waals surface area (Å²) in [5.74, 6) is 1.88. The van der Waals surface area contributed by atoms with Crippen molar-refractivity contribution in [3.8, 4) is 0 Å². The predicted molar refractivity (Wildman–Crippen MR) is 63.5 cm³/mol. The third-order valence-electron chi connectivity index (χ3n) is 3.85. The maximum atomic E-state index is 3.73. The van der Waals surface area contributed by atoms with Crippen LogP contribution >= 0.6 is 0 Å². The molecule has 1 atom stereocenters. The number of nitrogens with one attached hydrogen (secondary N) is 1. The SMILES string of the molecule is CC[C@@H](C)NC1CCC(C(C)C)CC1. The topological polar surface area (TPSA) is 12.0 Å². The fraction of sp³-hybridized carbons (Fsp3) is 1.00. The van der Waals surface area contributed by atoms with Gasteiger partial charge in [0, 0.05) is 12.1 Å². The molecule has 0 radical (unpaired) electrons. The van der Waals surface area contributed by atoms with Crippen LogP contribution in [0.2, 0.25) is 0 Å². The van der Waals surface area contributed by atoms with E-state index in [1.54, 1.807) is 0 Å². The second kappa shape index (κ2) is 5.75. The van der Waals surface area contributed by atoms with Crippen molar-refractivity contribution in [2.45, 2.75) is 71.9 Å². The predicted octanol–water partition coefficient (Wildman–Crippen LogP) is 3.59. The maximum absolute atomic E-state index is 3.73. The summed E-state index contributed by atoms with van der Waals surface area (Å²) < 4.78 is 0. The van der Waals surface area contributed by atoms with Gasteiger partial charge in [0.15, 0.2) is 0 Å². The maximum Gasteiger partial charge on any atom is 0.00697 e. The van der Waals surface area contributed by atoms with E-state index in [0.717, 1.165) is 17.9 Å². The Labute approximate surface area is 89.7 Å². The van der Waals surface area contributed by atoms with Gasteiger partial charge in [-0.15, -0.1) is 0 Å². The first-order valence-corrected chi connectivity index (χ1v) is 6.39. The third-order valence-corrected chi connectivity index (χ3v) is 3.85. The second-order valence-electron chi connectivity index (χ2n) is 5.33. The van der Waals surface area contributed by atoms with Gasteiger partial charge < -0.3 is 5.32 Å². The summed E-state index contributed by atoms with van der Waals surface area (Å²) in [4.78, 5) is 0. The molecule has 0 spiro atoms. The first kappa shape index (κ1) is 12.0. The molecule has 1 fully saturated rings. The fourth-order valence-corrected chi connectivity index (χ4v) is 2.47. The van der Waals surface area contributed by atoms with Crippen molar-refractivity contribution in [3.05, 3.63) is 0 Å². The molecular weight excluding hydrogens is 170 g/mol. The van der Waals surface area contributed by atoms with Crippen LogP contribution < -0.4 is 5.32 Å². The molecule has 1 heteroatoms. The molecule has 1 aliphatic rings. The largest absolute Gasteiger partial charge is 0.312 e. The Morgan fingerprint density at radius 1 is 1.07 bits per heavy atom. The summed E-state index contributed by atoms with van der Waals surface area (Å²) in [6, 6.07) is 1.51. The summed E-state index contributed by atoms with van der Waals surface area (Å²) in [7, 11) is 0. The molecule has 0 bridgehead atoms. The van der Waals surface area contributed by atoms with E-state index in [4.69, 9.17) is 0 Å². The van der Waals surface area contributed by atoms with Crippen molar-refractivity contribution in [2.24, 2.45) is 11.8 Å². The highest BCUT2D eigenvalue weighted by molar-refractivity contribution is 4.80. The summed E-state index contributed by atoms with van der Waals surface area (Å²) >= 11 is 0. The number of hydrogen-bond acceptors (Lipinski definition) is 1. The van der Waals surface area contributed by atoms with Crippen LogP contribution in [0.15, 0.2) is 0 Å². The van der Waals surface area contributed by atoms with Crippen LogP contribution in [0.5, 0.6) is 0 Å². The van der Waals surface area contributed by atoms with Crippen molar-refractivity contribution < 1.29 is 0 Å². The fourth-order valence-electron chi connectivity index (χ4n) is 2.47. The number of hydrogen-bond donors (Lipinski definition) is 1. The molecule has 84 valence electrons. The van der Waals surface area contributed by atoms with E-state index >= 15 is 0 Å². The van der Waals surface area contributed by atoms with Crippen LogP contribution in [-0.2, 0) is 0 Å². The lowest BCUT2D eigenvalue weighted by molar-refractivity contribution is 0.229. The quantitative estimate of drug-likeness (QED) is 0.726. The molecule has 14 heavy (non-hydrogen) atoms. The lowest BCUT2D eigenvalue weighted by Gasteiger charge is -2.32. The van der Waals surface area contributed by atoms with Gasteiger partial charge in [0.05, 0.1) is 0 Å². The molecule has 1 saturated carbocycles. The second-order valence-corrected chi connectivity index (χ2v) is 5.33. The van der Waals surface area contributed by atoms with Crippen LogP contribution in [-0.4, -0.2) is 12.1 Å². The summed E-state index contributed by atoms with van der Waals surface area (Å²) in [6.45, 7) is 9.30. The normalized spacial score (nSPS) is 30.6. The average Bonchev–Trinajstić information content (AvgIpc) is 2.18. The zero-order valence-corrected chi connectivity index (χ0v) is 10.3. The first-order valence-electron chi connectivity index (χ1n) is 6.39. The Hall–Kier alpha value is -0.0400. The van der Waals surface area contributed by atoms with E-state index < -0.39 is 0 Å². The molecule has 0 aliphatic heterocycles. The van der Waals surface area contributed by atoms with Gasteiger partial charge in [-0.05, 0) is 50.9 Å². The van der Waals surface area contributed by atoms with Gasteiger partial charge in [0.2, 0.25) is 0 Å². The van der Waals surface area contributed by atoms with Gasteiger partial charge in [-0.25, -0.2) is 0 Å². The monoisotopic (exact) mass is 197 g/mol. The lowest BCUT2D eigenvalue weighted by Crippen LogP contribution is -2.39. The molecule has 0 aromatic heterocycles. The zero-order valence-electron chi connectivity index (χ0n) is 10.3.